The maximum Gasteiger partial charge on any atom is 0.338 e. The molecular weight excluding hydrogens is 404 g/mol. The van der Waals surface area contributed by atoms with Crippen molar-refractivity contribution in [1.82, 2.24) is 10.3 Å². The predicted molar refractivity (Wildman–Crippen MR) is 124 cm³/mol. The van der Waals surface area contributed by atoms with E-state index in [1.807, 2.05) is 37.3 Å². The molecule has 6 heteroatoms. The first kappa shape index (κ1) is 21.8. The van der Waals surface area contributed by atoms with Crippen LogP contribution in [0.4, 0.5) is 0 Å². The number of fused-ring (bicyclic) bond motifs is 1. The molecule has 1 fully saturated rings. The van der Waals surface area contributed by atoms with Crippen LogP contribution in [0.1, 0.15) is 48.5 Å². The summed E-state index contributed by atoms with van der Waals surface area (Å²) in [4.78, 5) is 29.4. The van der Waals surface area contributed by atoms with Crippen LogP contribution in [-0.4, -0.2) is 36.1 Å². The van der Waals surface area contributed by atoms with Gasteiger partial charge in [-0.3, -0.25) is 4.79 Å². The fourth-order valence-electron chi connectivity index (χ4n) is 4.01. The van der Waals surface area contributed by atoms with Gasteiger partial charge in [-0.15, -0.1) is 0 Å². The largest absolute Gasteiger partial charge is 0.483 e. The molecule has 1 N–H and O–H groups in total. The first-order chi connectivity index (χ1) is 15.5. The lowest BCUT2D eigenvalue weighted by molar-refractivity contribution is -0.123. The van der Waals surface area contributed by atoms with E-state index in [-0.39, 0.29) is 18.6 Å². The first-order valence-corrected chi connectivity index (χ1v) is 11.1. The number of amides is 1. The van der Waals surface area contributed by atoms with Crippen LogP contribution < -0.4 is 10.1 Å². The molecule has 1 aliphatic carbocycles. The molecule has 1 aliphatic rings. The Hall–Kier alpha value is -3.41. The van der Waals surface area contributed by atoms with Gasteiger partial charge in [0.1, 0.15) is 5.75 Å². The summed E-state index contributed by atoms with van der Waals surface area (Å²) in [7, 11) is 0. The summed E-state index contributed by atoms with van der Waals surface area (Å²) in [6.45, 7) is 4.01. The molecule has 3 aromatic rings. The molecule has 0 aliphatic heterocycles. The van der Waals surface area contributed by atoms with Crippen molar-refractivity contribution in [2.45, 2.75) is 45.6 Å². The number of rotatable bonds is 7. The highest BCUT2D eigenvalue weighted by Crippen LogP contribution is 2.31. The second-order valence-electron chi connectivity index (χ2n) is 8.16. The van der Waals surface area contributed by atoms with Gasteiger partial charge in [0.25, 0.3) is 5.91 Å². The number of carbonyl (C=O) groups is 2. The number of pyridine rings is 1. The molecule has 2 aromatic carbocycles. The number of nitrogens with one attached hydrogen (secondary N) is 1. The van der Waals surface area contributed by atoms with E-state index >= 15 is 0 Å². The van der Waals surface area contributed by atoms with Crippen molar-refractivity contribution in [3.8, 4) is 17.0 Å². The molecule has 6 nitrogen and oxygen atoms in total. The van der Waals surface area contributed by atoms with Crippen molar-refractivity contribution in [2.24, 2.45) is 0 Å². The number of hydrogen-bond acceptors (Lipinski definition) is 5. The molecule has 0 unspecified atom stereocenters. The number of hydrogen-bond donors (Lipinski definition) is 1. The molecular formula is C26H28N2O4. The molecule has 32 heavy (non-hydrogen) atoms. The molecule has 0 saturated heterocycles. The zero-order valence-corrected chi connectivity index (χ0v) is 18.5. The van der Waals surface area contributed by atoms with Gasteiger partial charge in [-0.25, -0.2) is 9.78 Å². The second kappa shape index (κ2) is 9.81. The van der Waals surface area contributed by atoms with Crippen LogP contribution in [-0.2, 0) is 9.53 Å². The summed E-state index contributed by atoms with van der Waals surface area (Å²) < 4.78 is 11.1. The van der Waals surface area contributed by atoms with Crippen LogP contribution >= 0.6 is 0 Å². The summed E-state index contributed by atoms with van der Waals surface area (Å²) in [6, 6.07) is 15.3. The monoisotopic (exact) mass is 432 g/mol. The minimum Gasteiger partial charge on any atom is -0.483 e. The fourth-order valence-corrected chi connectivity index (χ4v) is 4.01. The molecule has 0 radical (unpaired) electrons. The van der Waals surface area contributed by atoms with Crippen LogP contribution in [0.2, 0.25) is 0 Å². The quantitative estimate of drug-likeness (QED) is 0.542. The van der Waals surface area contributed by atoms with Gasteiger partial charge in [-0.1, -0.05) is 42.7 Å². The molecule has 1 heterocycles. The Bertz CT molecular complexity index is 1120. The molecule has 0 atom stereocenters. The predicted octanol–water partition coefficient (Wildman–Crippen LogP) is 4.82. The summed E-state index contributed by atoms with van der Waals surface area (Å²) >= 11 is 0. The van der Waals surface area contributed by atoms with Gasteiger partial charge < -0.3 is 14.8 Å². The standard InChI is InChI=1S/C26H28N2O4/c1-3-31-26(30)19-12-13-22-21(14-19)24(32-16-25(29)27-20-6-4-5-7-20)15-23(28-22)18-10-8-17(2)9-11-18/h8-15,20H,3-7,16H2,1-2H3,(H,27,29). The minimum absolute atomic E-state index is 0.0907. The van der Waals surface area contributed by atoms with Crippen molar-refractivity contribution >= 4 is 22.8 Å². The van der Waals surface area contributed by atoms with Crippen LogP contribution in [0.15, 0.2) is 48.5 Å². The van der Waals surface area contributed by atoms with E-state index in [9.17, 15) is 9.59 Å². The number of carbonyl (C=O) groups excluding carboxylic acids is 2. The zero-order chi connectivity index (χ0) is 22.5. The maximum absolute atomic E-state index is 12.4. The molecule has 1 aromatic heterocycles. The SMILES string of the molecule is CCOC(=O)c1ccc2nc(-c3ccc(C)cc3)cc(OCC(=O)NC3CCCC3)c2c1. The van der Waals surface area contributed by atoms with Crippen LogP contribution in [0.25, 0.3) is 22.2 Å². The highest BCUT2D eigenvalue weighted by molar-refractivity contribution is 5.97. The summed E-state index contributed by atoms with van der Waals surface area (Å²) in [5.41, 5.74) is 3.96. The van der Waals surface area contributed by atoms with Crippen molar-refractivity contribution in [1.29, 1.82) is 0 Å². The second-order valence-corrected chi connectivity index (χ2v) is 8.16. The smallest absolute Gasteiger partial charge is 0.338 e. The van der Waals surface area contributed by atoms with E-state index in [2.05, 4.69) is 5.32 Å². The van der Waals surface area contributed by atoms with Gasteiger partial charge in [0.2, 0.25) is 0 Å². The lowest BCUT2D eigenvalue weighted by atomic mass is 10.1. The first-order valence-electron chi connectivity index (χ1n) is 11.1. The van der Waals surface area contributed by atoms with Crippen molar-refractivity contribution in [3.05, 3.63) is 59.7 Å². The van der Waals surface area contributed by atoms with Gasteiger partial charge in [-0.05, 0) is 44.9 Å². The number of aromatic nitrogens is 1. The highest BCUT2D eigenvalue weighted by Gasteiger charge is 2.18. The number of ether oxygens (including phenoxy) is 2. The lowest BCUT2D eigenvalue weighted by Crippen LogP contribution is -2.36. The number of esters is 1. The van der Waals surface area contributed by atoms with Crippen LogP contribution in [0.3, 0.4) is 0 Å². The molecule has 1 amide bonds. The average molecular weight is 433 g/mol. The normalized spacial score (nSPS) is 13.8. The molecule has 4 rings (SSSR count). The maximum atomic E-state index is 12.4. The van der Waals surface area contributed by atoms with Crippen LogP contribution in [0.5, 0.6) is 5.75 Å². The Morgan fingerprint density at radius 1 is 1.06 bits per heavy atom. The van der Waals surface area contributed by atoms with Gasteiger partial charge in [-0.2, -0.15) is 0 Å². The van der Waals surface area contributed by atoms with Gasteiger partial charge in [0, 0.05) is 23.1 Å². The number of aryl methyl sites for hydroxylation is 1. The van der Waals surface area contributed by atoms with E-state index < -0.39 is 5.97 Å². The van der Waals surface area contributed by atoms with E-state index in [4.69, 9.17) is 14.5 Å². The Labute approximate surface area is 187 Å². The summed E-state index contributed by atoms with van der Waals surface area (Å²) in [6.07, 6.45) is 4.34. The summed E-state index contributed by atoms with van der Waals surface area (Å²) in [5, 5.41) is 3.71. The molecule has 1 saturated carbocycles. The topological polar surface area (TPSA) is 77.5 Å². The minimum atomic E-state index is -0.401. The number of benzene rings is 2. The Kier molecular flexibility index (Phi) is 6.69. The fraction of sp³-hybridized carbons (Fsp3) is 0.346. The van der Waals surface area contributed by atoms with E-state index in [1.54, 1.807) is 25.1 Å². The van der Waals surface area contributed by atoms with Gasteiger partial charge in [0.15, 0.2) is 6.61 Å². The zero-order valence-electron chi connectivity index (χ0n) is 18.5. The lowest BCUT2D eigenvalue weighted by Gasteiger charge is -2.15. The molecule has 0 bridgehead atoms. The highest BCUT2D eigenvalue weighted by atomic mass is 16.5. The third-order valence-electron chi connectivity index (χ3n) is 5.71. The third-order valence-corrected chi connectivity index (χ3v) is 5.71. The molecule has 0 spiro atoms. The van der Waals surface area contributed by atoms with Crippen molar-refractivity contribution in [2.75, 3.05) is 13.2 Å². The Morgan fingerprint density at radius 2 is 1.81 bits per heavy atom. The van der Waals surface area contributed by atoms with Gasteiger partial charge in [0.05, 0.1) is 23.4 Å². The summed E-state index contributed by atoms with van der Waals surface area (Å²) in [5.74, 6) is -0.0273. The third kappa shape index (κ3) is 5.07. The molecule has 166 valence electrons. The number of nitrogens with zero attached hydrogens (tertiary/aromatic N) is 1. The average Bonchev–Trinajstić information content (AvgIpc) is 3.30. The van der Waals surface area contributed by atoms with E-state index in [0.29, 0.717) is 28.8 Å². The Balaban J connectivity index is 1.66. The van der Waals surface area contributed by atoms with Crippen molar-refractivity contribution in [3.63, 3.8) is 0 Å². The Morgan fingerprint density at radius 3 is 2.53 bits per heavy atom. The van der Waals surface area contributed by atoms with Gasteiger partial charge >= 0.3 is 5.97 Å². The van der Waals surface area contributed by atoms with Crippen LogP contribution in [0, 0.1) is 6.92 Å². The van der Waals surface area contributed by atoms with E-state index in [1.165, 1.54) is 0 Å². The van der Waals surface area contributed by atoms with E-state index in [0.717, 1.165) is 42.5 Å². The van der Waals surface area contributed by atoms with Crippen molar-refractivity contribution < 1.29 is 19.1 Å².